The van der Waals surface area contributed by atoms with Gasteiger partial charge in [0, 0.05) is 12.0 Å². The maximum absolute atomic E-state index is 9.64. The van der Waals surface area contributed by atoms with E-state index in [9.17, 15) is 5.11 Å². The summed E-state index contributed by atoms with van der Waals surface area (Å²) in [7, 11) is 0. The van der Waals surface area contributed by atoms with Gasteiger partial charge in [0.25, 0.3) is 0 Å². The Kier molecular flexibility index (Phi) is 3.55. The number of benzene rings is 1. The Hall–Kier alpha value is -0.860. The predicted molar refractivity (Wildman–Crippen MR) is 71.1 cm³/mol. The van der Waals surface area contributed by atoms with Crippen molar-refractivity contribution in [3.05, 3.63) is 34.9 Å². The van der Waals surface area contributed by atoms with Gasteiger partial charge in [-0.2, -0.15) is 0 Å². The smallest absolute Gasteiger partial charge is 0.0541 e. The van der Waals surface area contributed by atoms with Crippen LogP contribution < -0.4 is 5.73 Å². The third-order valence-electron chi connectivity index (χ3n) is 4.42. The summed E-state index contributed by atoms with van der Waals surface area (Å²) in [6, 6.07) is 6.68. The molecule has 1 saturated carbocycles. The van der Waals surface area contributed by atoms with Crippen LogP contribution >= 0.6 is 0 Å². The molecule has 1 aliphatic rings. The first-order valence-electron chi connectivity index (χ1n) is 6.53. The molecule has 0 radical (unpaired) electrons. The summed E-state index contributed by atoms with van der Waals surface area (Å²) in [4.78, 5) is 0. The second kappa shape index (κ2) is 4.79. The molecular formula is C15H23NO. The fourth-order valence-electron chi connectivity index (χ4n) is 2.84. The van der Waals surface area contributed by atoms with Crippen molar-refractivity contribution >= 4 is 0 Å². The Bertz CT molecular complexity index is 392. The fourth-order valence-corrected chi connectivity index (χ4v) is 2.84. The van der Waals surface area contributed by atoms with E-state index in [0.29, 0.717) is 6.54 Å². The zero-order valence-corrected chi connectivity index (χ0v) is 10.9. The number of rotatable bonds is 2. The van der Waals surface area contributed by atoms with Gasteiger partial charge in [-0.15, -0.1) is 0 Å². The molecule has 0 aliphatic heterocycles. The van der Waals surface area contributed by atoms with Crippen LogP contribution in [0.3, 0.4) is 0 Å². The monoisotopic (exact) mass is 233 g/mol. The molecule has 94 valence electrons. The number of aryl methyl sites for hydroxylation is 2. The van der Waals surface area contributed by atoms with Gasteiger partial charge in [-0.25, -0.2) is 0 Å². The highest BCUT2D eigenvalue weighted by Crippen LogP contribution is 2.39. The van der Waals surface area contributed by atoms with E-state index in [2.05, 4.69) is 32.0 Å². The lowest BCUT2D eigenvalue weighted by molar-refractivity contribution is 0.0974. The molecular weight excluding hydrogens is 210 g/mol. The minimum Gasteiger partial charge on any atom is -0.393 e. The van der Waals surface area contributed by atoms with Crippen LogP contribution in [0.4, 0.5) is 0 Å². The van der Waals surface area contributed by atoms with Crippen LogP contribution in [-0.4, -0.2) is 17.8 Å². The number of hydrogen-bond donors (Lipinski definition) is 2. The Morgan fingerprint density at radius 1 is 1.24 bits per heavy atom. The molecule has 0 atom stereocenters. The second-order valence-corrected chi connectivity index (χ2v) is 5.51. The minimum absolute atomic E-state index is 0.0949. The number of nitrogens with two attached hydrogens (primary N) is 1. The van der Waals surface area contributed by atoms with E-state index in [4.69, 9.17) is 5.73 Å². The van der Waals surface area contributed by atoms with Crippen molar-refractivity contribution in [2.75, 3.05) is 6.54 Å². The third kappa shape index (κ3) is 2.38. The number of hydrogen-bond acceptors (Lipinski definition) is 2. The summed E-state index contributed by atoms with van der Waals surface area (Å²) in [6.45, 7) is 4.97. The maximum Gasteiger partial charge on any atom is 0.0541 e. The molecule has 0 amide bonds. The summed E-state index contributed by atoms with van der Waals surface area (Å²) in [6.07, 6.45) is 3.65. The van der Waals surface area contributed by atoms with Gasteiger partial charge < -0.3 is 10.8 Å². The molecule has 1 fully saturated rings. The van der Waals surface area contributed by atoms with Crippen molar-refractivity contribution in [2.45, 2.75) is 51.0 Å². The molecule has 17 heavy (non-hydrogen) atoms. The molecule has 1 aromatic carbocycles. The summed E-state index contributed by atoms with van der Waals surface area (Å²) in [5, 5.41) is 9.64. The second-order valence-electron chi connectivity index (χ2n) is 5.51. The van der Waals surface area contributed by atoms with Gasteiger partial charge in [-0.3, -0.25) is 0 Å². The van der Waals surface area contributed by atoms with E-state index in [0.717, 1.165) is 25.7 Å². The van der Waals surface area contributed by atoms with Crippen LogP contribution in [0.2, 0.25) is 0 Å². The molecule has 0 heterocycles. The van der Waals surface area contributed by atoms with Crippen LogP contribution in [-0.2, 0) is 5.41 Å². The van der Waals surface area contributed by atoms with Crippen molar-refractivity contribution in [3.63, 3.8) is 0 Å². The quantitative estimate of drug-likeness (QED) is 0.824. The first kappa shape index (κ1) is 12.6. The zero-order valence-electron chi connectivity index (χ0n) is 10.9. The number of aliphatic hydroxyl groups is 1. The fraction of sp³-hybridized carbons (Fsp3) is 0.600. The maximum atomic E-state index is 9.64. The Balaban J connectivity index is 2.31. The molecule has 0 unspecified atom stereocenters. The Morgan fingerprint density at radius 2 is 1.88 bits per heavy atom. The topological polar surface area (TPSA) is 46.2 Å². The standard InChI is InChI=1S/C15H23NO/c1-11-3-4-13(9-12(11)2)15(10-16)7-5-14(17)6-8-15/h3-4,9,14,17H,5-8,10,16H2,1-2H3. The Morgan fingerprint density at radius 3 is 2.41 bits per heavy atom. The average molecular weight is 233 g/mol. The van der Waals surface area contributed by atoms with Crippen LogP contribution in [0.5, 0.6) is 0 Å². The highest BCUT2D eigenvalue weighted by atomic mass is 16.3. The lowest BCUT2D eigenvalue weighted by Crippen LogP contribution is -2.40. The molecule has 0 saturated heterocycles. The van der Waals surface area contributed by atoms with E-state index < -0.39 is 0 Å². The van der Waals surface area contributed by atoms with Crippen molar-refractivity contribution < 1.29 is 5.11 Å². The minimum atomic E-state index is -0.124. The molecule has 3 N–H and O–H groups in total. The average Bonchev–Trinajstić information content (AvgIpc) is 2.34. The van der Waals surface area contributed by atoms with Gasteiger partial charge in [-0.1, -0.05) is 18.2 Å². The van der Waals surface area contributed by atoms with Gasteiger partial charge in [0.2, 0.25) is 0 Å². The van der Waals surface area contributed by atoms with Crippen molar-refractivity contribution in [1.29, 1.82) is 0 Å². The summed E-state index contributed by atoms with van der Waals surface area (Å²) in [5.74, 6) is 0. The van der Waals surface area contributed by atoms with Crippen molar-refractivity contribution in [3.8, 4) is 0 Å². The lowest BCUT2D eigenvalue weighted by Gasteiger charge is -2.39. The van der Waals surface area contributed by atoms with Gasteiger partial charge in [0.1, 0.15) is 0 Å². The van der Waals surface area contributed by atoms with E-state index in [-0.39, 0.29) is 11.5 Å². The SMILES string of the molecule is Cc1ccc(C2(CN)CCC(O)CC2)cc1C. The van der Waals surface area contributed by atoms with Crippen LogP contribution in [0.25, 0.3) is 0 Å². The van der Waals surface area contributed by atoms with Crippen molar-refractivity contribution in [1.82, 2.24) is 0 Å². The van der Waals surface area contributed by atoms with Crippen LogP contribution in [0, 0.1) is 13.8 Å². The normalized spacial score (nSPS) is 29.3. The first-order chi connectivity index (χ1) is 8.07. The molecule has 1 aliphatic carbocycles. The zero-order chi connectivity index (χ0) is 12.5. The predicted octanol–water partition coefficient (Wildman–Crippen LogP) is 2.43. The highest BCUT2D eigenvalue weighted by molar-refractivity contribution is 5.35. The summed E-state index contributed by atoms with van der Waals surface area (Å²) >= 11 is 0. The summed E-state index contributed by atoms with van der Waals surface area (Å²) in [5.41, 5.74) is 10.1. The van der Waals surface area contributed by atoms with Gasteiger partial charge in [-0.05, 0) is 56.2 Å². The Labute approximate surface area is 104 Å². The molecule has 2 heteroatoms. The lowest BCUT2D eigenvalue weighted by atomic mass is 9.68. The van der Waals surface area contributed by atoms with E-state index in [1.165, 1.54) is 16.7 Å². The molecule has 1 aromatic rings. The molecule has 2 rings (SSSR count). The molecule has 2 nitrogen and oxygen atoms in total. The van der Waals surface area contributed by atoms with Crippen LogP contribution in [0.1, 0.15) is 42.4 Å². The number of aliphatic hydroxyl groups excluding tert-OH is 1. The molecule has 0 aromatic heterocycles. The van der Waals surface area contributed by atoms with E-state index in [1.54, 1.807) is 0 Å². The highest BCUT2D eigenvalue weighted by Gasteiger charge is 2.35. The first-order valence-corrected chi connectivity index (χ1v) is 6.53. The molecule has 0 bridgehead atoms. The van der Waals surface area contributed by atoms with Crippen molar-refractivity contribution in [2.24, 2.45) is 5.73 Å². The molecule has 0 spiro atoms. The third-order valence-corrected chi connectivity index (χ3v) is 4.42. The van der Waals surface area contributed by atoms with E-state index in [1.807, 2.05) is 0 Å². The largest absolute Gasteiger partial charge is 0.393 e. The summed E-state index contributed by atoms with van der Waals surface area (Å²) < 4.78 is 0. The van der Waals surface area contributed by atoms with Gasteiger partial charge in [0.15, 0.2) is 0 Å². The van der Waals surface area contributed by atoms with Crippen LogP contribution in [0.15, 0.2) is 18.2 Å². The van der Waals surface area contributed by atoms with E-state index >= 15 is 0 Å². The van der Waals surface area contributed by atoms with Gasteiger partial charge >= 0.3 is 0 Å². The van der Waals surface area contributed by atoms with Gasteiger partial charge in [0.05, 0.1) is 6.10 Å².